The number of nitrogens with one attached hydrogen (secondary N) is 1. The third-order valence-electron chi connectivity index (χ3n) is 4.10. The first-order chi connectivity index (χ1) is 11.6. The standard InChI is InChI=1S/C17H20F3N3O2/c1-11-15(12(2)23(4)22-11)25-10-14(24)21-16(3,17(18,19)20)13-8-6-5-7-9-13/h5-9H,10H2,1-4H3,(H,21,24). The van der Waals surface area contributed by atoms with E-state index in [2.05, 4.69) is 5.10 Å². The number of nitrogens with zero attached hydrogens (tertiary/aromatic N) is 2. The smallest absolute Gasteiger partial charge is 0.415 e. The van der Waals surface area contributed by atoms with Crippen molar-refractivity contribution in [1.29, 1.82) is 0 Å². The number of hydrogen-bond donors (Lipinski definition) is 1. The highest BCUT2D eigenvalue weighted by molar-refractivity contribution is 5.78. The van der Waals surface area contributed by atoms with Crippen LogP contribution in [-0.4, -0.2) is 28.5 Å². The van der Waals surface area contributed by atoms with Gasteiger partial charge in [-0.25, -0.2) is 0 Å². The van der Waals surface area contributed by atoms with E-state index >= 15 is 0 Å². The summed E-state index contributed by atoms with van der Waals surface area (Å²) in [5.41, 5.74) is -1.31. The van der Waals surface area contributed by atoms with Crippen molar-refractivity contribution < 1.29 is 22.7 Å². The predicted octanol–water partition coefficient (Wildman–Crippen LogP) is 3.01. The third kappa shape index (κ3) is 3.78. The van der Waals surface area contributed by atoms with E-state index in [1.54, 1.807) is 31.6 Å². The van der Waals surface area contributed by atoms with Crippen molar-refractivity contribution in [2.75, 3.05) is 6.61 Å². The molecule has 1 unspecified atom stereocenters. The number of rotatable bonds is 5. The summed E-state index contributed by atoms with van der Waals surface area (Å²) in [6.45, 7) is 3.84. The van der Waals surface area contributed by atoms with E-state index < -0.39 is 24.2 Å². The number of benzene rings is 1. The Morgan fingerprint density at radius 1 is 1.24 bits per heavy atom. The van der Waals surface area contributed by atoms with Gasteiger partial charge in [0.1, 0.15) is 5.69 Å². The molecule has 0 saturated carbocycles. The van der Waals surface area contributed by atoms with Gasteiger partial charge in [0.2, 0.25) is 0 Å². The Labute approximate surface area is 143 Å². The number of halogens is 3. The van der Waals surface area contributed by atoms with Crippen LogP contribution in [0.3, 0.4) is 0 Å². The summed E-state index contributed by atoms with van der Waals surface area (Å²) in [5, 5.41) is 6.18. The van der Waals surface area contributed by atoms with Gasteiger partial charge in [-0.05, 0) is 26.3 Å². The van der Waals surface area contributed by atoms with Crippen LogP contribution in [0.4, 0.5) is 13.2 Å². The third-order valence-corrected chi connectivity index (χ3v) is 4.10. The van der Waals surface area contributed by atoms with Gasteiger partial charge in [-0.15, -0.1) is 0 Å². The topological polar surface area (TPSA) is 56.2 Å². The van der Waals surface area contributed by atoms with Gasteiger partial charge in [0, 0.05) is 7.05 Å². The first-order valence-electron chi connectivity index (χ1n) is 7.62. The molecule has 0 spiro atoms. The predicted molar refractivity (Wildman–Crippen MR) is 86.2 cm³/mol. The van der Waals surface area contributed by atoms with Gasteiger partial charge in [0.05, 0.1) is 5.69 Å². The van der Waals surface area contributed by atoms with Gasteiger partial charge >= 0.3 is 6.18 Å². The van der Waals surface area contributed by atoms with Crippen LogP contribution in [0, 0.1) is 13.8 Å². The van der Waals surface area contributed by atoms with E-state index in [4.69, 9.17) is 4.74 Å². The molecule has 1 aromatic carbocycles. The fourth-order valence-corrected chi connectivity index (χ4v) is 2.49. The van der Waals surface area contributed by atoms with Crippen molar-refractivity contribution in [2.45, 2.75) is 32.5 Å². The minimum Gasteiger partial charge on any atom is -0.480 e. The maximum Gasteiger partial charge on any atom is 0.415 e. The van der Waals surface area contributed by atoms with Crippen LogP contribution >= 0.6 is 0 Å². The van der Waals surface area contributed by atoms with E-state index in [1.165, 1.54) is 24.3 Å². The molecule has 1 N–H and O–H groups in total. The maximum atomic E-state index is 13.6. The van der Waals surface area contributed by atoms with Crippen LogP contribution < -0.4 is 10.1 Å². The van der Waals surface area contributed by atoms with Crippen LogP contribution in [0.2, 0.25) is 0 Å². The Bertz CT molecular complexity index is 756. The minimum absolute atomic E-state index is 0.0513. The molecule has 2 rings (SSSR count). The summed E-state index contributed by atoms with van der Waals surface area (Å²) < 4.78 is 47.7. The Hall–Kier alpha value is -2.51. The molecule has 8 heteroatoms. The second kappa shape index (κ2) is 6.78. The number of hydrogen-bond acceptors (Lipinski definition) is 3. The second-order valence-electron chi connectivity index (χ2n) is 5.95. The molecular weight excluding hydrogens is 335 g/mol. The van der Waals surface area contributed by atoms with Crippen molar-refractivity contribution in [1.82, 2.24) is 15.1 Å². The van der Waals surface area contributed by atoms with Crippen molar-refractivity contribution in [3.8, 4) is 5.75 Å². The monoisotopic (exact) mass is 355 g/mol. The van der Waals surface area contributed by atoms with E-state index in [9.17, 15) is 18.0 Å². The normalized spacial score (nSPS) is 14.0. The highest BCUT2D eigenvalue weighted by atomic mass is 19.4. The van der Waals surface area contributed by atoms with Crippen LogP contribution in [0.1, 0.15) is 23.9 Å². The molecule has 1 aromatic heterocycles. The first kappa shape index (κ1) is 18.8. The van der Waals surface area contributed by atoms with Crippen molar-refractivity contribution in [2.24, 2.45) is 7.05 Å². The fourth-order valence-electron chi connectivity index (χ4n) is 2.49. The minimum atomic E-state index is -4.66. The average Bonchev–Trinajstić information content (AvgIpc) is 2.77. The zero-order valence-electron chi connectivity index (χ0n) is 14.4. The molecule has 136 valence electrons. The Balaban J connectivity index is 2.16. The highest BCUT2D eigenvalue weighted by Gasteiger charge is 2.53. The SMILES string of the molecule is Cc1nn(C)c(C)c1OCC(=O)NC(C)(c1ccccc1)C(F)(F)F. The number of ether oxygens (including phenoxy) is 1. The molecule has 5 nitrogen and oxygen atoms in total. The Kier molecular flexibility index (Phi) is 5.10. The molecule has 0 radical (unpaired) electrons. The highest BCUT2D eigenvalue weighted by Crippen LogP contribution is 2.38. The van der Waals surface area contributed by atoms with Gasteiger partial charge in [-0.1, -0.05) is 30.3 Å². The summed E-state index contributed by atoms with van der Waals surface area (Å²) in [7, 11) is 1.71. The first-order valence-corrected chi connectivity index (χ1v) is 7.62. The largest absolute Gasteiger partial charge is 0.480 e. The van der Waals surface area contributed by atoms with Gasteiger partial charge in [0.25, 0.3) is 5.91 Å². The molecule has 2 aromatic rings. The molecule has 1 atom stereocenters. The maximum absolute atomic E-state index is 13.6. The van der Waals surface area contributed by atoms with Gasteiger partial charge in [-0.3, -0.25) is 9.48 Å². The molecule has 0 fully saturated rings. The summed E-state index contributed by atoms with van der Waals surface area (Å²) in [4.78, 5) is 12.1. The molecule has 25 heavy (non-hydrogen) atoms. The number of carbonyl (C=O) groups excluding carboxylic acids is 1. The number of aryl methyl sites for hydroxylation is 2. The quantitative estimate of drug-likeness (QED) is 0.897. The molecule has 0 bridgehead atoms. The number of aromatic nitrogens is 2. The summed E-state index contributed by atoms with van der Waals surface area (Å²) >= 11 is 0. The lowest BCUT2D eigenvalue weighted by molar-refractivity contribution is -0.197. The summed E-state index contributed by atoms with van der Waals surface area (Å²) in [6, 6.07) is 7.24. The van der Waals surface area contributed by atoms with Gasteiger partial charge < -0.3 is 10.1 Å². The lowest BCUT2D eigenvalue weighted by Crippen LogP contribution is -2.55. The molecule has 0 aliphatic heterocycles. The molecule has 0 aliphatic rings. The zero-order chi connectivity index (χ0) is 18.8. The van der Waals surface area contributed by atoms with Gasteiger partial charge in [-0.2, -0.15) is 18.3 Å². The van der Waals surface area contributed by atoms with E-state index in [0.717, 1.165) is 6.92 Å². The molecule has 0 aliphatic carbocycles. The van der Waals surface area contributed by atoms with Crippen LogP contribution in [0.5, 0.6) is 5.75 Å². The lowest BCUT2D eigenvalue weighted by atomic mass is 9.91. The lowest BCUT2D eigenvalue weighted by Gasteiger charge is -2.33. The van der Waals surface area contributed by atoms with Crippen molar-refractivity contribution in [3.05, 3.63) is 47.3 Å². The zero-order valence-corrected chi connectivity index (χ0v) is 14.4. The Morgan fingerprint density at radius 2 is 1.84 bits per heavy atom. The number of amides is 1. The van der Waals surface area contributed by atoms with Crippen molar-refractivity contribution in [3.63, 3.8) is 0 Å². The molecule has 1 amide bonds. The van der Waals surface area contributed by atoms with E-state index in [1.807, 2.05) is 5.32 Å². The fraction of sp³-hybridized carbons (Fsp3) is 0.412. The van der Waals surface area contributed by atoms with Crippen molar-refractivity contribution >= 4 is 5.91 Å². The summed E-state index contributed by atoms with van der Waals surface area (Å²) in [6.07, 6.45) is -4.66. The Morgan fingerprint density at radius 3 is 2.32 bits per heavy atom. The molecular formula is C17H20F3N3O2. The van der Waals surface area contributed by atoms with E-state index in [-0.39, 0.29) is 5.56 Å². The molecule has 0 saturated heterocycles. The second-order valence-corrected chi connectivity index (χ2v) is 5.95. The molecule has 1 heterocycles. The average molecular weight is 355 g/mol. The van der Waals surface area contributed by atoms with Crippen LogP contribution in [0.15, 0.2) is 30.3 Å². The van der Waals surface area contributed by atoms with Gasteiger partial charge in [0.15, 0.2) is 17.9 Å². The number of carbonyl (C=O) groups is 1. The van der Waals surface area contributed by atoms with Crippen LogP contribution in [0.25, 0.3) is 0 Å². The van der Waals surface area contributed by atoms with Crippen LogP contribution in [-0.2, 0) is 17.4 Å². The van der Waals surface area contributed by atoms with E-state index in [0.29, 0.717) is 17.1 Å². The summed E-state index contributed by atoms with van der Waals surface area (Å²) in [5.74, 6) is -0.475. The number of alkyl halides is 3.